The van der Waals surface area contributed by atoms with E-state index in [1.54, 1.807) is 0 Å². The normalized spacial score (nSPS) is 11.0. The Bertz CT molecular complexity index is 790. The van der Waals surface area contributed by atoms with Crippen molar-refractivity contribution in [2.24, 2.45) is 12.8 Å². The van der Waals surface area contributed by atoms with E-state index in [1.807, 2.05) is 26.1 Å². The van der Waals surface area contributed by atoms with Gasteiger partial charge in [-0.05, 0) is 49.4 Å². The maximum absolute atomic E-state index is 12.0. The highest BCUT2D eigenvalue weighted by Crippen LogP contribution is 2.30. The Hall–Kier alpha value is -2.30. The number of fused-ring (bicyclic) bond motifs is 1. The van der Waals surface area contributed by atoms with Crippen molar-refractivity contribution >= 4 is 22.8 Å². The van der Waals surface area contributed by atoms with Crippen molar-refractivity contribution in [3.05, 3.63) is 34.5 Å². The Kier molecular flexibility index (Phi) is 6.23. The van der Waals surface area contributed by atoms with Crippen LogP contribution in [0.5, 0.6) is 0 Å². The van der Waals surface area contributed by atoms with Crippen LogP contribution < -0.4 is 5.73 Å². The highest BCUT2D eigenvalue weighted by Gasteiger charge is 2.19. The predicted octanol–water partition coefficient (Wildman–Crippen LogP) is 3.42. The van der Waals surface area contributed by atoms with Crippen LogP contribution in [0, 0.1) is 6.92 Å². The molecule has 136 valence electrons. The zero-order chi connectivity index (χ0) is 18.6. The number of carbonyl (C=O) groups excluding carboxylic acids is 2. The van der Waals surface area contributed by atoms with Crippen LogP contribution in [0.25, 0.3) is 10.9 Å². The number of benzene rings is 1. The summed E-state index contributed by atoms with van der Waals surface area (Å²) in [5.74, 6) is -0.619. The number of methoxy groups -OCH3 is 1. The van der Waals surface area contributed by atoms with Crippen molar-refractivity contribution in [2.45, 2.75) is 52.4 Å². The molecule has 0 radical (unpaired) electrons. The molecule has 1 heterocycles. The third-order valence-corrected chi connectivity index (χ3v) is 4.83. The van der Waals surface area contributed by atoms with Crippen molar-refractivity contribution in [2.75, 3.05) is 7.11 Å². The fourth-order valence-corrected chi connectivity index (χ4v) is 3.44. The van der Waals surface area contributed by atoms with E-state index in [-0.39, 0.29) is 11.9 Å². The number of primary amides is 1. The first kappa shape index (κ1) is 19.0. The summed E-state index contributed by atoms with van der Waals surface area (Å²) in [6.45, 7) is 4.09. The molecule has 0 saturated heterocycles. The van der Waals surface area contributed by atoms with E-state index < -0.39 is 0 Å². The zero-order valence-electron chi connectivity index (χ0n) is 15.6. The molecule has 0 aliphatic heterocycles. The van der Waals surface area contributed by atoms with Gasteiger partial charge >= 0.3 is 5.97 Å². The Balaban J connectivity index is 2.58. The summed E-state index contributed by atoms with van der Waals surface area (Å²) < 4.78 is 7.04. The second kappa shape index (κ2) is 8.19. The van der Waals surface area contributed by atoms with Crippen LogP contribution in [0.4, 0.5) is 0 Å². The number of carbonyl (C=O) groups is 2. The van der Waals surface area contributed by atoms with Crippen LogP contribution in [-0.2, 0) is 29.4 Å². The second-order valence-corrected chi connectivity index (χ2v) is 6.58. The van der Waals surface area contributed by atoms with Crippen LogP contribution >= 0.6 is 0 Å². The summed E-state index contributed by atoms with van der Waals surface area (Å²) in [6.07, 6.45) is 5.35. The van der Waals surface area contributed by atoms with Crippen molar-refractivity contribution < 1.29 is 14.3 Å². The first-order valence-electron chi connectivity index (χ1n) is 8.88. The fraction of sp³-hybridized carbons (Fsp3) is 0.500. The van der Waals surface area contributed by atoms with Crippen LogP contribution in [0.15, 0.2) is 12.1 Å². The van der Waals surface area contributed by atoms with Gasteiger partial charge in [0.2, 0.25) is 5.91 Å². The van der Waals surface area contributed by atoms with Gasteiger partial charge in [-0.1, -0.05) is 19.8 Å². The monoisotopic (exact) mass is 344 g/mol. The van der Waals surface area contributed by atoms with Gasteiger partial charge in [0.15, 0.2) is 0 Å². The lowest BCUT2D eigenvalue weighted by atomic mass is 9.99. The first-order valence-corrected chi connectivity index (χ1v) is 8.88. The SMILES string of the molecule is CCCCCc1c(CCC(N)=O)c2cc(C)c(C(=O)OC)cc2n1C. The minimum atomic E-state index is -0.327. The lowest BCUT2D eigenvalue weighted by Crippen LogP contribution is -2.12. The quantitative estimate of drug-likeness (QED) is 0.589. The molecule has 2 N–H and O–H groups in total. The predicted molar refractivity (Wildman–Crippen MR) is 99.7 cm³/mol. The number of hydrogen-bond acceptors (Lipinski definition) is 3. The van der Waals surface area contributed by atoms with E-state index in [4.69, 9.17) is 10.5 Å². The van der Waals surface area contributed by atoms with Crippen molar-refractivity contribution in [3.8, 4) is 0 Å². The van der Waals surface area contributed by atoms with E-state index in [0.717, 1.165) is 35.7 Å². The van der Waals surface area contributed by atoms with Crippen LogP contribution in [0.1, 0.15) is 59.8 Å². The minimum Gasteiger partial charge on any atom is -0.465 e. The molecule has 2 rings (SSSR count). The number of unbranched alkanes of at least 4 members (excludes halogenated alkanes) is 2. The molecule has 25 heavy (non-hydrogen) atoms. The molecule has 0 saturated carbocycles. The van der Waals surface area contributed by atoms with Crippen molar-refractivity contribution in [1.29, 1.82) is 0 Å². The van der Waals surface area contributed by atoms with Crippen LogP contribution in [-0.4, -0.2) is 23.6 Å². The van der Waals surface area contributed by atoms with Gasteiger partial charge in [0.05, 0.1) is 12.7 Å². The Morgan fingerprint density at radius 1 is 1.20 bits per heavy atom. The maximum Gasteiger partial charge on any atom is 0.338 e. The molecule has 0 aliphatic carbocycles. The summed E-state index contributed by atoms with van der Waals surface area (Å²) >= 11 is 0. The van der Waals surface area contributed by atoms with E-state index in [2.05, 4.69) is 11.5 Å². The smallest absolute Gasteiger partial charge is 0.338 e. The second-order valence-electron chi connectivity index (χ2n) is 6.58. The standard InChI is InChI=1S/C20H28N2O3/c1-5-6-7-8-17-14(9-10-19(21)23)16-11-13(2)15(20(24)25-4)12-18(16)22(17)3/h11-12H,5-10H2,1-4H3,(H2,21,23). The number of hydrogen-bond donors (Lipinski definition) is 1. The summed E-state index contributed by atoms with van der Waals surface area (Å²) in [5, 5.41) is 1.10. The molecular formula is C20H28N2O3. The van der Waals surface area contributed by atoms with Gasteiger partial charge in [-0.25, -0.2) is 4.79 Å². The highest BCUT2D eigenvalue weighted by atomic mass is 16.5. The number of aromatic nitrogens is 1. The van der Waals surface area contributed by atoms with Gasteiger partial charge in [-0.2, -0.15) is 0 Å². The van der Waals surface area contributed by atoms with E-state index in [1.165, 1.54) is 24.8 Å². The Morgan fingerprint density at radius 2 is 1.92 bits per heavy atom. The topological polar surface area (TPSA) is 74.3 Å². The number of nitrogens with two attached hydrogens (primary N) is 1. The number of ether oxygens (including phenoxy) is 1. The molecule has 1 aromatic carbocycles. The number of amides is 1. The molecule has 2 aromatic rings. The van der Waals surface area contributed by atoms with Gasteiger partial charge in [-0.15, -0.1) is 0 Å². The summed E-state index contributed by atoms with van der Waals surface area (Å²) in [7, 11) is 3.42. The third kappa shape index (κ3) is 4.03. The lowest BCUT2D eigenvalue weighted by Gasteiger charge is -2.07. The minimum absolute atomic E-state index is 0.292. The first-order chi connectivity index (χ1) is 11.9. The molecule has 0 atom stereocenters. The molecule has 1 amide bonds. The third-order valence-electron chi connectivity index (χ3n) is 4.83. The molecule has 0 unspecified atom stereocenters. The van der Waals surface area contributed by atoms with Crippen molar-refractivity contribution in [1.82, 2.24) is 4.57 Å². The molecule has 5 heteroatoms. The average Bonchev–Trinajstić information content (AvgIpc) is 2.83. The van der Waals surface area contributed by atoms with E-state index in [0.29, 0.717) is 18.4 Å². The van der Waals surface area contributed by atoms with E-state index in [9.17, 15) is 9.59 Å². The number of nitrogens with zero attached hydrogens (tertiary/aromatic N) is 1. The molecule has 0 bridgehead atoms. The molecule has 0 spiro atoms. The average molecular weight is 344 g/mol. The Labute approximate surface area is 149 Å². The van der Waals surface area contributed by atoms with Crippen LogP contribution in [0.2, 0.25) is 0 Å². The zero-order valence-corrected chi connectivity index (χ0v) is 15.6. The number of rotatable bonds is 8. The maximum atomic E-state index is 12.0. The van der Waals surface area contributed by atoms with Gasteiger partial charge in [0, 0.05) is 30.1 Å². The summed E-state index contributed by atoms with van der Waals surface area (Å²) in [6, 6.07) is 3.93. The molecule has 1 aromatic heterocycles. The number of esters is 1. The van der Waals surface area contributed by atoms with Crippen LogP contribution in [0.3, 0.4) is 0 Å². The molecular weight excluding hydrogens is 316 g/mol. The Morgan fingerprint density at radius 3 is 2.52 bits per heavy atom. The number of aryl methyl sites for hydroxylation is 3. The van der Waals surface area contributed by atoms with E-state index >= 15 is 0 Å². The largest absolute Gasteiger partial charge is 0.465 e. The van der Waals surface area contributed by atoms with Gasteiger partial charge in [0.25, 0.3) is 0 Å². The summed E-state index contributed by atoms with van der Waals surface area (Å²) in [5.41, 5.74) is 10.2. The van der Waals surface area contributed by atoms with Crippen molar-refractivity contribution in [3.63, 3.8) is 0 Å². The van der Waals surface area contributed by atoms with Gasteiger partial charge in [0.1, 0.15) is 0 Å². The molecule has 5 nitrogen and oxygen atoms in total. The summed E-state index contributed by atoms with van der Waals surface area (Å²) in [4.78, 5) is 23.3. The fourth-order valence-electron chi connectivity index (χ4n) is 3.44. The molecule has 0 fully saturated rings. The lowest BCUT2D eigenvalue weighted by molar-refractivity contribution is -0.117. The molecule has 0 aliphatic rings. The van der Waals surface area contributed by atoms with Gasteiger partial charge in [-0.3, -0.25) is 4.79 Å². The van der Waals surface area contributed by atoms with Gasteiger partial charge < -0.3 is 15.0 Å². The highest BCUT2D eigenvalue weighted by molar-refractivity contribution is 5.98.